The van der Waals surface area contributed by atoms with E-state index in [2.05, 4.69) is 25.5 Å². The average Bonchev–Trinajstić information content (AvgIpc) is 3.28. The molecule has 4 heterocycles. The molecular formula is C23H17F3N8O3. The van der Waals surface area contributed by atoms with E-state index >= 15 is 0 Å². The molecule has 5 aromatic rings. The zero-order valence-electron chi connectivity index (χ0n) is 18.8. The Morgan fingerprint density at radius 1 is 1.16 bits per heavy atom. The van der Waals surface area contributed by atoms with Crippen LogP contribution in [-0.4, -0.2) is 44.0 Å². The minimum atomic E-state index is -1.24. The number of nitrogens with one attached hydrogen (secondary N) is 2. The van der Waals surface area contributed by atoms with Crippen LogP contribution in [0.15, 0.2) is 41.3 Å². The number of H-pyrrole nitrogens is 1. The molecule has 2 aromatic carbocycles. The number of ether oxygens (including phenoxy) is 2. The smallest absolute Gasteiger partial charge is 0.270 e. The fourth-order valence-electron chi connectivity index (χ4n) is 4.13. The highest BCUT2D eigenvalue weighted by Crippen LogP contribution is 2.35. The molecule has 6 N–H and O–H groups in total. The van der Waals surface area contributed by atoms with E-state index < -0.39 is 29.1 Å². The van der Waals surface area contributed by atoms with E-state index in [9.17, 15) is 18.0 Å². The number of halogens is 3. The highest BCUT2D eigenvalue weighted by atomic mass is 19.2. The monoisotopic (exact) mass is 510 g/mol. The van der Waals surface area contributed by atoms with Gasteiger partial charge in [-0.3, -0.25) is 14.5 Å². The molecular weight excluding hydrogens is 493 g/mol. The van der Waals surface area contributed by atoms with E-state index in [0.29, 0.717) is 11.1 Å². The van der Waals surface area contributed by atoms with Crippen LogP contribution in [0.1, 0.15) is 0 Å². The van der Waals surface area contributed by atoms with E-state index in [1.54, 1.807) is 0 Å². The van der Waals surface area contributed by atoms with Crippen molar-refractivity contribution in [3.63, 3.8) is 0 Å². The third kappa shape index (κ3) is 3.61. The van der Waals surface area contributed by atoms with Gasteiger partial charge in [-0.05, 0) is 12.1 Å². The number of nitrogens with zero attached hydrogens (tertiary/aromatic N) is 4. The maximum Gasteiger partial charge on any atom is 0.270 e. The van der Waals surface area contributed by atoms with Gasteiger partial charge in [0.1, 0.15) is 23.9 Å². The lowest BCUT2D eigenvalue weighted by atomic mass is 10.2. The Morgan fingerprint density at radius 2 is 2.00 bits per heavy atom. The first kappa shape index (κ1) is 22.5. The lowest BCUT2D eigenvalue weighted by molar-refractivity contribution is 0.0992. The van der Waals surface area contributed by atoms with Gasteiger partial charge in [0.05, 0.1) is 28.8 Å². The second-order valence-corrected chi connectivity index (χ2v) is 8.26. The van der Waals surface area contributed by atoms with Gasteiger partial charge >= 0.3 is 0 Å². The minimum Gasteiger partial charge on any atom is -0.486 e. The molecule has 1 aliphatic rings. The first-order valence-corrected chi connectivity index (χ1v) is 10.9. The summed E-state index contributed by atoms with van der Waals surface area (Å²) in [5, 5.41) is 9.78. The first-order chi connectivity index (χ1) is 17.8. The molecule has 1 unspecified atom stereocenters. The zero-order chi connectivity index (χ0) is 25.8. The Labute approximate surface area is 204 Å². The summed E-state index contributed by atoms with van der Waals surface area (Å²) >= 11 is 0. The molecule has 0 fully saturated rings. The molecule has 37 heavy (non-hydrogen) atoms. The fourth-order valence-corrected chi connectivity index (χ4v) is 4.13. The van der Waals surface area contributed by atoms with E-state index in [4.69, 9.17) is 20.9 Å². The molecule has 0 saturated heterocycles. The number of hydrogen-bond acceptors (Lipinski definition) is 9. The van der Waals surface area contributed by atoms with Gasteiger partial charge in [0, 0.05) is 18.3 Å². The number of anilines is 3. The number of aromatic nitrogens is 5. The molecule has 1 atom stereocenters. The van der Waals surface area contributed by atoms with Crippen LogP contribution in [0.3, 0.4) is 0 Å². The van der Waals surface area contributed by atoms with Gasteiger partial charge in [-0.1, -0.05) is 6.07 Å². The lowest BCUT2D eigenvalue weighted by Gasteiger charge is -2.27. The molecule has 0 bridgehead atoms. The van der Waals surface area contributed by atoms with E-state index in [1.165, 1.54) is 24.4 Å². The van der Waals surface area contributed by atoms with Crippen molar-refractivity contribution in [3.8, 4) is 17.2 Å². The Bertz CT molecular complexity index is 1770. The van der Waals surface area contributed by atoms with Gasteiger partial charge in [-0.2, -0.15) is 10.1 Å². The quantitative estimate of drug-likeness (QED) is 0.267. The SMILES string of the molecule is Nc1cc2c(cc1F)OC(CNc1ncc3c4[nH]nc(N)c4c(=O)n(-c4cccc(F)c4F)c3n1)CO2. The van der Waals surface area contributed by atoms with Gasteiger partial charge in [0.15, 0.2) is 34.6 Å². The number of nitrogens with two attached hydrogens (primary N) is 2. The van der Waals surface area contributed by atoms with Crippen LogP contribution in [0.2, 0.25) is 0 Å². The highest BCUT2D eigenvalue weighted by molar-refractivity contribution is 6.05. The summed E-state index contributed by atoms with van der Waals surface area (Å²) in [6, 6.07) is 5.92. The van der Waals surface area contributed by atoms with Crippen molar-refractivity contribution in [2.75, 3.05) is 29.9 Å². The van der Waals surface area contributed by atoms with Gasteiger partial charge in [-0.25, -0.2) is 18.2 Å². The molecule has 188 valence electrons. The van der Waals surface area contributed by atoms with Crippen LogP contribution in [-0.2, 0) is 0 Å². The lowest BCUT2D eigenvalue weighted by Crippen LogP contribution is -2.35. The minimum absolute atomic E-state index is 0.0141. The number of rotatable bonds is 4. The van der Waals surface area contributed by atoms with Crippen molar-refractivity contribution in [2.24, 2.45) is 0 Å². The Balaban J connectivity index is 1.39. The molecule has 0 radical (unpaired) electrons. The van der Waals surface area contributed by atoms with Crippen molar-refractivity contribution >= 4 is 39.4 Å². The second-order valence-electron chi connectivity index (χ2n) is 8.26. The van der Waals surface area contributed by atoms with Gasteiger partial charge in [0.2, 0.25) is 5.95 Å². The summed E-state index contributed by atoms with van der Waals surface area (Å²) in [4.78, 5) is 22.0. The van der Waals surface area contributed by atoms with Crippen LogP contribution in [0.4, 0.5) is 30.6 Å². The Morgan fingerprint density at radius 3 is 2.84 bits per heavy atom. The predicted octanol–water partition coefficient (Wildman–Crippen LogP) is 2.49. The third-order valence-electron chi connectivity index (χ3n) is 5.90. The second kappa shape index (κ2) is 8.29. The Kier molecular flexibility index (Phi) is 5.03. The van der Waals surface area contributed by atoms with Crippen LogP contribution >= 0.6 is 0 Å². The largest absolute Gasteiger partial charge is 0.486 e. The predicted molar refractivity (Wildman–Crippen MR) is 128 cm³/mol. The first-order valence-electron chi connectivity index (χ1n) is 10.9. The number of nitrogen functional groups attached to an aromatic ring is 2. The van der Waals surface area contributed by atoms with E-state index in [-0.39, 0.29) is 58.6 Å². The number of aromatic amines is 1. The van der Waals surface area contributed by atoms with Crippen molar-refractivity contribution in [3.05, 3.63) is 64.3 Å². The highest BCUT2D eigenvalue weighted by Gasteiger charge is 2.24. The summed E-state index contributed by atoms with van der Waals surface area (Å²) < 4.78 is 54.9. The average molecular weight is 510 g/mol. The molecule has 3 aromatic heterocycles. The normalized spacial score (nSPS) is 14.8. The molecule has 0 saturated carbocycles. The standard InChI is InChI=1S/C23H17F3N8O3/c24-11-2-1-3-14(18(11)26)34-21-10(19-17(22(34)35)20(28)33-32-19)7-30-23(31-21)29-6-9-8-36-15-5-13(27)12(25)4-16(15)37-9/h1-5,7,9H,6,8,27H2,(H3,28,32,33)(H,29,30,31). The van der Waals surface area contributed by atoms with Crippen LogP contribution < -0.4 is 31.8 Å². The summed E-state index contributed by atoms with van der Waals surface area (Å²) in [6.07, 6.45) is 0.844. The van der Waals surface area contributed by atoms with Gasteiger partial charge in [0.25, 0.3) is 5.56 Å². The molecule has 0 spiro atoms. The summed E-state index contributed by atoms with van der Waals surface area (Å²) in [5.41, 5.74) is 10.5. The molecule has 6 rings (SSSR count). The zero-order valence-corrected chi connectivity index (χ0v) is 18.8. The van der Waals surface area contributed by atoms with Crippen molar-refractivity contribution in [1.82, 2.24) is 24.7 Å². The molecule has 0 amide bonds. The molecule has 11 nitrogen and oxygen atoms in total. The molecule has 14 heteroatoms. The van der Waals surface area contributed by atoms with E-state index in [1.807, 2.05) is 0 Å². The van der Waals surface area contributed by atoms with Gasteiger partial charge in [-0.15, -0.1) is 0 Å². The molecule has 0 aliphatic carbocycles. The number of hydrogen-bond donors (Lipinski definition) is 4. The number of benzene rings is 2. The summed E-state index contributed by atoms with van der Waals surface area (Å²) in [5.74, 6) is -2.55. The topological polar surface area (TPSA) is 159 Å². The van der Waals surface area contributed by atoms with Gasteiger partial charge < -0.3 is 26.3 Å². The number of fused-ring (bicyclic) bond motifs is 4. The molecule has 1 aliphatic heterocycles. The van der Waals surface area contributed by atoms with Crippen LogP contribution in [0.5, 0.6) is 11.5 Å². The number of pyridine rings is 1. The maximum absolute atomic E-state index is 14.8. The van der Waals surface area contributed by atoms with Crippen LogP contribution in [0.25, 0.3) is 27.6 Å². The van der Waals surface area contributed by atoms with Crippen molar-refractivity contribution in [2.45, 2.75) is 6.10 Å². The summed E-state index contributed by atoms with van der Waals surface area (Å²) in [7, 11) is 0. The van der Waals surface area contributed by atoms with E-state index in [0.717, 1.165) is 16.7 Å². The van der Waals surface area contributed by atoms with Crippen molar-refractivity contribution < 1.29 is 22.6 Å². The fraction of sp³-hybridized carbons (Fsp3) is 0.130. The third-order valence-corrected chi connectivity index (χ3v) is 5.90. The van der Waals surface area contributed by atoms with Crippen molar-refractivity contribution in [1.29, 1.82) is 0 Å². The van der Waals surface area contributed by atoms with Crippen LogP contribution in [0, 0.1) is 17.5 Å². The Hall–Kier alpha value is -5.01. The maximum atomic E-state index is 14.8. The summed E-state index contributed by atoms with van der Waals surface area (Å²) in [6.45, 7) is 0.265.